The van der Waals surface area contributed by atoms with E-state index in [0.29, 0.717) is 0 Å². The Kier molecular flexibility index (Phi) is 3.99. The van der Waals surface area contributed by atoms with Crippen LogP contribution in [0.2, 0.25) is 0 Å². The van der Waals surface area contributed by atoms with Crippen molar-refractivity contribution in [2.45, 2.75) is 20.4 Å². The molecule has 0 fully saturated rings. The molecule has 0 unspecified atom stereocenters. The Morgan fingerprint density at radius 2 is 2.06 bits per heavy atom. The molecule has 0 bridgehead atoms. The molecule has 0 aliphatic carbocycles. The molecule has 86 valence electrons. The maximum Gasteiger partial charge on any atom is 0.325 e. The third kappa shape index (κ3) is 3.34. The quantitative estimate of drug-likeness (QED) is 0.610. The summed E-state index contributed by atoms with van der Waals surface area (Å²) in [5, 5.41) is 12.2. The Bertz CT molecular complexity index is 404. The molecule has 1 N–H and O–H groups in total. The summed E-state index contributed by atoms with van der Waals surface area (Å²) >= 11 is 0. The van der Waals surface area contributed by atoms with Gasteiger partial charge in [0.15, 0.2) is 0 Å². The van der Waals surface area contributed by atoms with Crippen LogP contribution < -0.4 is 0 Å². The van der Waals surface area contributed by atoms with E-state index in [2.05, 4.69) is 5.29 Å². The average Bonchev–Trinajstić information content (AvgIpc) is 2.22. The summed E-state index contributed by atoms with van der Waals surface area (Å²) in [6, 6.07) is 5.73. The number of hydrogen-bond acceptors (Lipinski definition) is 3. The molecule has 0 spiro atoms. The fourth-order valence-corrected chi connectivity index (χ4v) is 1.38. The molecule has 5 heteroatoms. The lowest BCUT2D eigenvalue weighted by atomic mass is 10.1. The summed E-state index contributed by atoms with van der Waals surface area (Å²) in [6.07, 6.45) is 0. The molecule has 0 aromatic heterocycles. The lowest BCUT2D eigenvalue weighted by Crippen LogP contribution is -2.23. The van der Waals surface area contributed by atoms with E-state index in [1.54, 1.807) is 0 Å². The van der Waals surface area contributed by atoms with Gasteiger partial charge in [0.25, 0.3) is 0 Å². The highest BCUT2D eigenvalue weighted by molar-refractivity contribution is 5.69. The van der Waals surface area contributed by atoms with E-state index < -0.39 is 5.97 Å². The van der Waals surface area contributed by atoms with E-state index in [9.17, 15) is 9.70 Å². The zero-order valence-electron chi connectivity index (χ0n) is 9.30. The van der Waals surface area contributed by atoms with Crippen LogP contribution in [0.3, 0.4) is 0 Å². The van der Waals surface area contributed by atoms with Crippen molar-refractivity contribution in [3.05, 3.63) is 39.8 Å². The number of carboxylic acids is 1. The van der Waals surface area contributed by atoms with Crippen molar-refractivity contribution >= 4 is 5.97 Å². The Morgan fingerprint density at radius 1 is 1.38 bits per heavy atom. The summed E-state index contributed by atoms with van der Waals surface area (Å²) in [5.74, 6) is -1.07. The largest absolute Gasteiger partial charge is 0.480 e. The lowest BCUT2D eigenvalue weighted by molar-refractivity contribution is -0.138. The zero-order valence-corrected chi connectivity index (χ0v) is 9.30. The Hall–Kier alpha value is -1.91. The lowest BCUT2D eigenvalue weighted by Gasteiger charge is -2.13. The van der Waals surface area contributed by atoms with Gasteiger partial charge in [-0.25, -0.2) is 5.01 Å². The van der Waals surface area contributed by atoms with E-state index in [0.717, 1.165) is 21.7 Å². The molecule has 0 radical (unpaired) electrons. The number of nitroso groups, excluding NO2 is 1. The predicted octanol–water partition coefficient (Wildman–Crippen LogP) is 1.87. The van der Waals surface area contributed by atoms with Gasteiger partial charge in [0, 0.05) is 0 Å². The normalized spacial score (nSPS) is 9.88. The summed E-state index contributed by atoms with van der Waals surface area (Å²) in [6.45, 7) is 3.80. The van der Waals surface area contributed by atoms with Crippen molar-refractivity contribution in [3.63, 3.8) is 0 Å². The van der Waals surface area contributed by atoms with Gasteiger partial charge in [0.2, 0.25) is 0 Å². The number of carboxylic acid groups (broad SMARTS) is 1. The molecule has 5 nitrogen and oxygen atoms in total. The highest BCUT2D eigenvalue weighted by atomic mass is 16.4. The van der Waals surface area contributed by atoms with Crippen LogP contribution in [0.15, 0.2) is 23.5 Å². The third-order valence-corrected chi connectivity index (χ3v) is 2.37. The number of hydrogen-bond donors (Lipinski definition) is 1. The van der Waals surface area contributed by atoms with Crippen LogP contribution in [0.25, 0.3) is 0 Å². The minimum Gasteiger partial charge on any atom is -0.480 e. The maximum absolute atomic E-state index is 10.4. The summed E-state index contributed by atoms with van der Waals surface area (Å²) < 4.78 is 0. The molecule has 0 aliphatic rings. The van der Waals surface area contributed by atoms with E-state index >= 15 is 0 Å². The van der Waals surface area contributed by atoms with Crippen molar-refractivity contribution < 1.29 is 9.90 Å². The van der Waals surface area contributed by atoms with Crippen LogP contribution in [0.4, 0.5) is 0 Å². The van der Waals surface area contributed by atoms with Gasteiger partial charge >= 0.3 is 5.97 Å². The Morgan fingerprint density at radius 3 is 2.56 bits per heavy atom. The van der Waals surface area contributed by atoms with Crippen molar-refractivity contribution in [2.24, 2.45) is 5.29 Å². The van der Waals surface area contributed by atoms with Gasteiger partial charge < -0.3 is 5.11 Å². The van der Waals surface area contributed by atoms with Gasteiger partial charge in [-0.05, 0) is 30.5 Å². The monoisotopic (exact) mass is 222 g/mol. The molecular weight excluding hydrogens is 208 g/mol. The highest BCUT2D eigenvalue weighted by Gasteiger charge is 2.09. The molecule has 1 rings (SSSR count). The van der Waals surface area contributed by atoms with Gasteiger partial charge in [0.05, 0.1) is 11.8 Å². The first-order valence-electron chi connectivity index (χ1n) is 4.89. The van der Waals surface area contributed by atoms with Crippen molar-refractivity contribution in [1.82, 2.24) is 5.01 Å². The van der Waals surface area contributed by atoms with Crippen molar-refractivity contribution in [3.8, 4) is 0 Å². The van der Waals surface area contributed by atoms with Gasteiger partial charge in [-0.15, -0.1) is 4.91 Å². The van der Waals surface area contributed by atoms with E-state index in [4.69, 9.17) is 5.11 Å². The maximum atomic E-state index is 10.4. The number of rotatable bonds is 5. The van der Waals surface area contributed by atoms with Crippen LogP contribution in [-0.4, -0.2) is 22.6 Å². The highest BCUT2D eigenvalue weighted by Crippen LogP contribution is 2.11. The first kappa shape index (κ1) is 12.2. The number of nitrogens with zero attached hydrogens (tertiary/aromatic N) is 2. The summed E-state index contributed by atoms with van der Waals surface area (Å²) in [5.41, 5.74) is 3.15. The molecule has 0 saturated carbocycles. The van der Waals surface area contributed by atoms with Crippen LogP contribution in [0.5, 0.6) is 0 Å². The minimum atomic E-state index is -1.07. The first-order chi connectivity index (χ1) is 7.52. The molecular formula is C11H14N2O3. The van der Waals surface area contributed by atoms with Crippen LogP contribution in [0.1, 0.15) is 16.7 Å². The number of aryl methyl sites for hydroxylation is 2. The van der Waals surface area contributed by atoms with E-state index in [-0.39, 0.29) is 13.1 Å². The minimum absolute atomic E-state index is 0.219. The second-order valence-electron chi connectivity index (χ2n) is 3.72. The van der Waals surface area contributed by atoms with Gasteiger partial charge in [-0.3, -0.25) is 4.79 Å². The molecule has 0 aliphatic heterocycles. The SMILES string of the molecule is Cc1ccc(CN(CC(=O)O)N=O)cc1C. The van der Waals surface area contributed by atoms with Gasteiger partial charge in [0.1, 0.15) is 6.54 Å². The Balaban J connectivity index is 2.74. The summed E-state index contributed by atoms with van der Waals surface area (Å²) in [7, 11) is 0. The Labute approximate surface area is 93.6 Å². The number of aliphatic carboxylic acids is 1. The molecule has 0 amide bonds. The topological polar surface area (TPSA) is 70.0 Å². The van der Waals surface area contributed by atoms with Crippen LogP contribution in [-0.2, 0) is 11.3 Å². The number of benzene rings is 1. The van der Waals surface area contributed by atoms with Gasteiger partial charge in [-0.1, -0.05) is 18.2 Å². The van der Waals surface area contributed by atoms with Crippen LogP contribution >= 0.6 is 0 Å². The molecule has 0 saturated heterocycles. The van der Waals surface area contributed by atoms with Crippen molar-refractivity contribution in [1.29, 1.82) is 0 Å². The second-order valence-corrected chi connectivity index (χ2v) is 3.72. The molecule has 1 aromatic carbocycles. The van der Waals surface area contributed by atoms with Crippen molar-refractivity contribution in [2.75, 3.05) is 6.54 Å². The van der Waals surface area contributed by atoms with E-state index in [1.165, 1.54) is 0 Å². The average molecular weight is 222 g/mol. The predicted molar refractivity (Wildman–Crippen MR) is 59.8 cm³/mol. The third-order valence-electron chi connectivity index (χ3n) is 2.37. The fourth-order valence-electron chi connectivity index (χ4n) is 1.38. The summed E-state index contributed by atoms with van der Waals surface area (Å²) in [4.78, 5) is 20.8. The molecule has 16 heavy (non-hydrogen) atoms. The van der Waals surface area contributed by atoms with Gasteiger partial charge in [-0.2, -0.15) is 0 Å². The smallest absolute Gasteiger partial charge is 0.325 e. The number of carbonyl (C=O) groups is 1. The first-order valence-corrected chi connectivity index (χ1v) is 4.89. The van der Waals surface area contributed by atoms with Crippen LogP contribution in [0, 0.1) is 18.8 Å². The zero-order chi connectivity index (χ0) is 12.1. The standard InChI is InChI=1S/C11H14N2O3/c1-8-3-4-10(5-9(8)2)6-13(12-16)7-11(14)15/h3-5H,6-7H2,1-2H3,(H,14,15). The molecule has 0 atom stereocenters. The molecule has 1 aromatic rings. The second kappa shape index (κ2) is 5.25. The molecule has 0 heterocycles. The fraction of sp³-hybridized carbons (Fsp3) is 0.364. The van der Waals surface area contributed by atoms with E-state index in [1.807, 2.05) is 32.0 Å².